The molecule has 0 spiro atoms. The molecule has 3 aromatic rings. The number of hydrogen-bond acceptors (Lipinski definition) is 3. The smallest absolute Gasteiger partial charge is 0.0725 e. The van der Waals surface area contributed by atoms with Crippen molar-refractivity contribution in [2.75, 3.05) is 0 Å². The van der Waals surface area contributed by atoms with Gasteiger partial charge >= 0.3 is 0 Å². The van der Waals surface area contributed by atoms with Crippen LogP contribution in [0.2, 0.25) is 0 Å². The molecule has 106 valence electrons. The SMILES string of the molecule is Cc1cc(C(NN)c2cnc3ccccc3c2)ccc1Br. The molecule has 0 fully saturated rings. The van der Waals surface area contributed by atoms with Crippen LogP contribution in [-0.4, -0.2) is 4.98 Å². The number of nitrogens with zero attached hydrogens (tertiary/aromatic N) is 1. The number of hydrogen-bond donors (Lipinski definition) is 2. The van der Waals surface area contributed by atoms with Crippen LogP contribution in [0.1, 0.15) is 22.7 Å². The molecule has 0 aliphatic heterocycles. The molecular formula is C17H16BrN3. The topological polar surface area (TPSA) is 50.9 Å². The lowest BCUT2D eigenvalue weighted by molar-refractivity contribution is 0.635. The molecule has 3 N–H and O–H groups in total. The van der Waals surface area contributed by atoms with Gasteiger partial charge in [-0.2, -0.15) is 0 Å². The lowest BCUT2D eigenvalue weighted by atomic mass is 9.98. The maximum Gasteiger partial charge on any atom is 0.0725 e. The minimum atomic E-state index is -0.0751. The summed E-state index contributed by atoms with van der Waals surface area (Å²) in [6.07, 6.45) is 1.88. The van der Waals surface area contributed by atoms with Crippen LogP contribution in [0.5, 0.6) is 0 Å². The number of nitrogens with two attached hydrogens (primary N) is 1. The monoisotopic (exact) mass is 341 g/mol. The Morgan fingerprint density at radius 2 is 1.90 bits per heavy atom. The number of hydrazine groups is 1. The summed E-state index contributed by atoms with van der Waals surface area (Å²) < 4.78 is 1.10. The first kappa shape index (κ1) is 14.2. The molecule has 1 atom stereocenters. The number of para-hydroxylation sites is 1. The summed E-state index contributed by atoms with van der Waals surface area (Å²) in [6, 6.07) is 16.4. The molecule has 21 heavy (non-hydrogen) atoms. The van der Waals surface area contributed by atoms with Crippen molar-refractivity contribution in [3.8, 4) is 0 Å². The Kier molecular flexibility index (Phi) is 4.01. The molecule has 0 saturated heterocycles. The van der Waals surface area contributed by atoms with Gasteiger partial charge in [-0.25, -0.2) is 5.43 Å². The van der Waals surface area contributed by atoms with Gasteiger partial charge in [0.2, 0.25) is 0 Å². The van der Waals surface area contributed by atoms with E-state index in [1.54, 1.807) is 0 Å². The standard InChI is InChI=1S/C17H16BrN3/c1-11-8-13(6-7-15(11)18)17(21-19)14-9-12-4-2-3-5-16(12)20-10-14/h2-10,17,21H,19H2,1H3. The molecule has 0 saturated carbocycles. The highest BCUT2D eigenvalue weighted by molar-refractivity contribution is 9.10. The third kappa shape index (κ3) is 2.83. The molecule has 3 nitrogen and oxygen atoms in total. The first-order valence-electron chi connectivity index (χ1n) is 6.76. The van der Waals surface area contributed by atoms with Crippen molar-refractivity contribution in [2.45, 2.75) is 13.0 Å². The van der Waals surface area contributed by atoms with Crippen molar-refractivity contribution >= 4 is 26.8 Å². The predicted octanol–water partition coefficient (Wildman–Crippen LogP) is 3.86. The largest absolute Gasteiger partial charge is 0.271 e. The minimum Gasteiger partial charge on any atom is -0.271 e. The molecule has 0 aliphatic rings. The van der Waals surface area contributed by atoms with Crippen LogP contribution in [0, 0.1) is 6.92 Å². The Morgan fingerprint density at radius 3 is 2.67 bits per heavy atom. The first-order chi connectivity index (χ1) is 10.2. The predicted molar refractivity (Wildman–Crippen MR) is 89.8 cm³/mol. The molecule has 3 rings (SSSR count). The minimum absolute atomic E-state index is 0.0751. The quantitative estimate of drug-likeness (QED) is 0.561. The van der Waals surface area contributed by atoms with Crippen LogP contribution in [0.25, 0.3) is 10.9 Å². The molecular weight excluding hydrogens is 326 g/mol. The Balaban J connectivity index is 2.06. The summed E-state index contributed by atoms with van der Waals surface area (Å²) in [6.45, 7) is 2.07. The molecule has 0 aliphatic carbocycles. The zero-order valence-corrected chi connectivity index (χ0v) is 13.3. The van der Waals surface area contributed by atoms with Crippen LogP contribution in [-0.2, 0) is 0 Å². The molecule has 1 aromatic heterocycles. The average molecular weight is 342 g/mol. The second kappa shape index (κ2) is 5.93. The van der Waals surface area contributed by atoms with E-state index in [1.807, 2.05) is 30.5 Å². The van der Waals surface area contributed by atoms with E-state index in [0.717, 1.165) is 26.5 Å². The lowest BCUT2D eigenvalue weighted by Crippen LogP contribution is -2.29. The Bertz CT molecular complexity index is 786. The van der Waals surface area contributed by atoms with Crippen LogP contribution >= 0.6 is 15.9 Å². The van der Waals surface area contributed by atoms with Gasteiger partial charge in [-0.15, -0.1) is 0 Å². The fourth-order valence-corrected chi connectivity index (χ4v) is 2.72. The number of aryl methyl sites for hydroxylation is 1. The molecule has 1 unspecified atom stereocenters. The average Bonchev–Trinajstić information content (AvgIpc) is 2.51. The van der Waals surface area contributed by atoms with Crippen LogP contribution in [0.15, 0.2) is 59.2 Å². The van der Waals surface area contributed by atoms with E-state index in [4.69, 9.17) is 5.84 Å². The lowest BCUT2D eigenvalue weighted by Gasteiger charge is -2.18. The van der Waals surface area contributed by atoms with Crippen molar-refractivity contribution in [1.82, 2.24) is 10.4 Å². The highest BCUT2D eigenvalue weighted by Crippen LogP contribution is 2.26. The van der Waals surface area contributed by atoms with Crippen molar-refractivity contribution in [3.05, 3.63) is 75.9 Å². The van der Waals surface area contributed by atoms with Crippen molar-refractivity contribution in [1.29, 1.82) is 0 Å². The molecule has 0 bridgehead atoms. The van der Waals surface area contributed by atoms with Gasteiger partial charge in [0.05, 0.1) is 11.6 Å². The number of nitrogens with one attached hydrogen (secondary N) is 1. The summed E-state index contributed by atoms with van der Waals surface area (Å²) in [5.74, 6) is 5.78. The fraction of sp³-hybridized carbons (Fsp3) is 0.118. The van der Waals surface area contributed by atoms with Gasteiger partial charge in [0.1, 0.15) is 0 Å². The molecule has 1 heterocycles. The molecule has 2 aromatic carbocycles. The second-order valence-corrected chi connectivity index (χ2v) is 5.92. The van der Waals surface area contributed by atoms with Gasteiger partial charge in [-0.3, -0.25) is 10.8 Å². The van der Waals surface area contributed by atoms with Gasteiger partial charge in [0.25, 0.3) is 0 Å². The summed E-state index contributed by atoms with van der Waals surface area (Å²) in [7, 11) is 0. The van der Waals surface area contributed by atoms with Gasteiger partial charge in [-0.1, -0.05) is 46.3 Å². The third-order valence-corrected chi connectivity index (χ3v) is 4.52. The highest BCUT2D eigenvalue weighted by Gasteiger charge is 2.14. The summed E-state index contributed by atoms with van der Waals surface area (Å²) in [5.41, 5.74) is 7.24. The van der Waals surface area contributed by atoms with E-state index in [9.17, 15) is 0 Å². The van der Waals surface area contributed by atoms with Crippen LogP contribution in [0.4, 0.5) is 0 Å². The molecule has 0 amide bonds. The Hall–Kier alpha value is -1.75. The number of benzene rings is 2. The van der Waals surface area contributed by atoms with Gasteiger partial charge in [0.15, 0.2) is 0 Å². The van der Waals surface area contributed by atoms with Crippen molar-refractivity contribution in [3.63, 3.8) is 0 Å². The van der Waals surface area contributed by atoms with Gasteiger partial charge in [-0.05, 0) is 41.8 Å². The maximum absolute atomic E-state index is 5.78. The Labute approximate surface area is 132 Å². The van der Waals surface area contributed by atoms with Crippen LogP contribution < -0.4 is 11.3 Å². The number of rotatable bonds is 3. The second-order valence-electron chi connectivity index (χ2n) is 5.07. The zero-order chi connectivity index (χ0) is 14.8. The first-order valence-corrected chi connectivity index (χ1v) is 7.55. The number of halogens is 1. The zero-order valence-electron chi connectivity index (χ0n) is 11.7. The van der Waals surface area contributed by atoms with Crippen LogP contribution in [0.3, 0.4) is 0 Å². The summed E-state index contributed by atoms with van der Waals surface area (Å²) >= 11 is 3.53. The Morgan fingerprint density at radius 1 is 1.10 bits per heavy atom. The molecule has 4 heteroatoms. The number of pyridine rings is 1. The van der Waals surface area contributed by atoms with E-state index in [1.165, 1.54) is 5.56 Å². The summed E-state index contributed by atoms with van der Waals surface area (Å²) in [4.78, 5) is 4.51. The van der Waals surface area contributed by atoms with Crippen molar-refractivity contribution in [2.24, 2.45) is 5.84 Å². The van der Waals surface area contributed by atoms with E-state index in [2.05, 4.69) is 57.5 Å². The fourth-order valence-electron chi connectivity index (χ4n) is 2.48. The third-order valence-electron chi connectivity index (χ3n) is 3.63. The maximum atomic E-state index is 5.78. The van der Waals surface area contributed by atoms with Crippen molar-refractivity contribution < 1.29 is 0 Å². The summed E-state index contributed by atoms with van der Waals surface area (Å²) in [5, 5.41) is 1.11. The van der Waals surface area contributed by atoms with E-state index < -0.39 is 0 Å². The van der Waals surface area contributed by atoms with Gasteiger partial charge in [0, 0.05) is 16.1 Å². The number of aromatic nitrogens is 1. The number of fused-ring (bicyclic) bond motifs is 1. The highest BCUT2D eigenvalue weighted by atomic mass is 79.9. The van der Waals surface area contributed by atoms with Gasteiger partial charge < -0.3 is 0 Å². The molecule has 0 radical (unpaired) electrons. The van der Waals surface area contributed by atoms with E-state index in [-0.39, 0.29) is 6.04 Å². The van der Waals surface area contributed by atoms with E-state index >= 15 is 0 Å². The normalized spacial score (nSPS) is 12.5. The van der Waals surface area contributed by atoms with E-state index in [0.29, 0.717) is 0 Å².